The van der Waals surface area contributed by atoms with Crippen LogP contribution in [0, 0.1) is 19.3 Å². The van der Waals surface area contributed by atoms with E-state index < -0.39 is 17.9 Å². The highest BCUT2D eigenvalue weighted by atomic mass is 35.5. The van der Waals surface area contributed by atoms with E-state index in [0.717, 1.165) is 0 Å². The number of carboxylic acids is 1. The predicted molar refractivity (Wildman–Crippen MR) is 162 cm³/mol. The molecule has 2 aromatic rings. The molecule has 0 fully saturated rings. The lowest BCUT2D eigenvalue weighted by atomic mass is 10.0. The lowest BCUT2D eigenvalue weighted by Crippen LogP contribution is -2.42. The number of carboxylic acid groups (broad SMARTS) is 1. The summed E-state index contributed by atoms with van der Waals surface area (Å²) in [6.07, 6.45) is 4.58. The molecule has 0 aromatic heterocycles. The fraction of sp³-hybridized carbons (Fsp3) is 0.367. The Bertz CT molecular complexity index is 1220. The van der Waals surface area contributed by atoms with E-state index in [1.807, 2.05) is 13.8 Å². The number of ether oxygens (including phenoxy) is 2. The summed E-state index contributed by atoms with van der Waals surface area (Å²) in [6.45, 7) is 9.00. The second-order valence-corrected chi connectivity index (χ2v) is 10.6. The molecular formula is C30H37ClN2O6S. The first-order valence-corrected chi connectivity index (χ1v) is 13.7. The smallest absolute Gasteiger partial charge is 0.326 e. The van der Waals surface area contributed by atoms with Crippen LogP contribution in [0.15, 0.2) is 53.1 Å². The minimum Gasteiger partial charge on any atom is -0.500 e. The number of carbonyl (C=O) groups is 3. The van der Waals surface area contributed by atoms with Gasteiger partial charge in [0.15, 0.2) is 0 Å². The molecule has 0 spiro atoms. The number of benzene rings is 2. The average Bonchev–Trinajstić information content (AvgIpc) is 2.91. The van der Waals surface area contributed by atoms with Crippen molar-refractivity contribution in [2.75, 3.05) is 19.5 Å². The van der Waals surface area contributed by atoms with E-state index in [1.165, 1.54) is 18.9 Å². The van der Waals surface area contributed by atoms with E-state index in [4.69, 9.17) is 21.1 Å². The maximum absolute atomic E-state index is 13.0. The van der Waals surface area contributed by atoms with Gasteiger partial charge in [0.2, 0.25) is 0 Å². The van der Waals surface area contributed by atoms with Crippen LogP contribution in [0.25, 0.3) is 0 Å². The monoisotopic (exact) mass is 588 g/mol. The number of nitrogens with one attached hydrogen (secondary N) is 2. The van der Waals surface area contributed by atoms with E-state index in [2.05, 4.69) is 23.0 Å². The predicted octanol–water partition coefficient (Wildman–Crippen LogP) is 5.69. The van der Waals surface area contributed by atoms with Crippen LogP contribution in [-0.4, -0.2) is 54.5 Å². The zero-order chi connectivity index (χ0) is 30.4. The molecule has 10 heteroatoms. The van der Waals surface area contributed by atoms with Gasteiger partial charge < -0.3 is 25.2 Å². The first kappa shape index (κ1) is 34.6. The van der Waals surface area contributed by atoms with Crippen molar-refractivity contribution in [1.82, 2.24) is 5.32 Å². The van der Waals surface area contributed by atoms with Crippen molar-refractivity contribution in [3.05, 3.63) is 74.8 Å². The molecule has 2 aromatic carbocycles. The number of halogens is 1. The van der Waals surface area contributed by atoms with Crippen LogP contribution in [0.4, 0.5) is 5.69 Å². The third-order valence-electron chi connectivity index (χ3n) is 5.87. The van der Waals surface area contributed by atoms with Crippen LogP contribution in [0.2, 0.25) is 5.02 Å². The normalized spacial score (nSPS) is 13.3. The van der Waals surface area contributed by atoms with Crippen LogP contribution < -0.4 is 10.6 Å². The number of aryl methyl sites for hydroxylation is 1. The van der Waals surface area contributed by atoms with Gasteiger partial charge in [-0.05, 0) is 57.0 Å². The second-order valence-electron chi connectivity index (χ2n) is 8.79. The Morgan fingerprint density at radius 2 is 1.73 bits per heavy atom. The number of hydrogen-bond acceptors (Lipinski definition) is 6. The van der Waals surface area contributed by atoms with Gasteiger partial charge in [0, 0.05) is 24.5 Å². The number of terminal acetylenes is 1. The zero-order valence-electron chi connectivity index (χ0n) is 23.8. The molecule has 0 aliphatic rings. The van der Waals surface area contributed by atoms with Crippen molar-refractivity contribution in [3.63, 3.8) is 0 Å². The number of allylic oxidation sites excluding steroid dienone is 1. The van der Waals surface area contributed by atoms with Gasteiger partial charge in [-0.2, -0.15) is 0 Å². The number of rotatable bonds is 12. The molecule has 3 unspecified atom stereocenters. The van der Waals surface area contributed by atoms with Crippen LogP contribution in [0.3, 0.4) is 0 Å². The highest BCUT2D eigenvalue weighted by molar-refractivity contribution is 8.04. The number of hydrogen-bond donors (Lipinski definition) is 3. The molecule has 3 N–H and O–H groups in total. The number of thioether (sulfide) groups is 1. The van der Waals surface area contributed by atoms with Gasteiger partial charge in [0.05, 0.1) is 23.8 Å². The Hall–Kier alpha value is -3.45. The van der Waals surface area contributed by atoms with Gasteiger partial charge in [0.25, 0.3) is 11.8 Å². The van der Waals surface area contributed by atoms with Crippen LogP contribution >= 0.6 is 23.4 Å². The van der Waals surface area contributed by atoms with E-state index in [1.54, 1.807) is 70.3 Å². The van der Waals surface area contributed by atoms with E-state index in [9.17, 15) is 19.5 Å². The molecule has 0 heterocycles. The highest BCUT2D eigenvalue weighted by Crippen LogP contribution is 2.29. The maximum Gasteiger partial charge on any atom is 0.326 e. The van der Waals surface area contributed by atoms with E-state index in [-0.39, 0.29) is 34.3 Å². The Morgan fingerprint density at radius 3 is 2.23 bits per heavy atom. The van der Waals surface area contributed by atoms with Crippen LogP contribution in [0.1, 0.15) is 49.2 Å². The van der Waals surface area contributed by atoms with Gasteiger partial charge in [0.1, 0.15) is 16.7 Å². The fourth-order valence-corrected chi connectivity index (χ4v) is 4.75. The SMILES string of the molecule is C#CC.COC(C)=C(SC(C)C(C)OC)C(=O)Nc1ccc(CC(NC(=O)c2c(C)cccc2Cl)C(=O)O)cc1. The lowest BCUT2D eigenvalue weighted by Gasteiger charge is -2.20. The number of methoxy groups -OCH3 is 2. The summed E-state index contributed by atoms with van der Waals surface area (Å²) in [4.78, 5) is 38.0. The van der Waals surface area contributed by atoms with Crippen LogP contribution in [-0.2, 0) is 25.5 Å². The van der Waals surface area contributed by atoms with Gasteiger partial charge in [-0.1, -0.05) is 42.8 Å². The van der Waals surface area contributed by atoms with Crippen molar-refractivity contribution in [2.45, 2.75) is 58.4 Å². The minimum absolute atomic E-state index is 0.0101. The molecule has 40 heavy (non-hydrogen) atoms. The summed E-state index contributed by atoms with van der Waals surface area (Å²) in [6, 6.07) is 10.6. The summed E-state index contributed by atoms with van der Waals surface area (Å²) in [5.74, 6) is 0.694. The van der Waals surface area contributed by atoms with Gasteiger partial charge in [-0.25, -0.2) is 4.79 Å². The van der Waals surface area contributed by atoms with Gasteiger partial charge >= 0.3 is 5.97 Å². The van der Waals surface area contributed by atoms with Crippen molar-refractivity contribution < 1.29 is 29.0 Å². The van der Waals surface area contributed by atoms with Crippen molar-refractivity contribution in [1.29, 1.82) is 0 Å². The average molecular weight is 589 g/mol. The van der Waals surface area contributed by atoms with Gasteiger partial charge in [-0.15, -0.1) is 24.1 Å². The van der Waals surface area contributed by atoms with Crippen molar-refractivity contribution in [2.24, 2.45) is 0 Å². The first-order chi connectivity index (χ1) is 18.9. The topological polar surface area (TPSA) is 114 Å². The molecule has 2 rings (SSSR count). The molecular weight excluding hydrogens is 552 g/mol. The Balaban J connectivity index is 0.00000254. The number of carbonyl (C=O) groups excluding carboxylic acids is 2. The number of anilines is 1. The Labute approximate surface area is 245 Å². The Kier molecular flexibility index (Phi) is 14.9. The van der Waals surface area contributed by atoms with Crippen LogP contribution in [0.5, 0.6) is 0 Å². The lowest BCUT2D eigenvalue weighted by molar-refractivity contribution is -0.139. The quantitative estimate of drug-likeness (QED) is 0.166. The standard InChI is InChI=1S/C27H33ClN2O6S.C3H4/c1-15-8-7-9-21(28)23(15)25(31)30-22(27(33)34)14-19-10-12-20(13-11-19)29-26(32)24(17(3)36-6)37-18(4)16(2)35-5;1-3-2/h7-13,16,18,22H,14H2,1-6H3,(H,29,32)(H,30,31)(H,33,34);1H,2H3. The fourth-order valence-electron chi connectivity index (χ4n) is 3.36. The largest absolute Gasteiger partial charge is 0.500 e. The molecule has 0 aliphatic heterocycles. The molecule has 216 valence electrons. The highest BCUT2D eigenvalue weighted by Gasteiger charge is 2.24. The third kappa shape index (κ3) is 10.6. The summed E-state index contributed by atoms with van der Waals surface area (Å²) in [7, 11) is 3.13. The van der Waals surface area contributed by atoms with Crippen molar-refractivity contribution >= 4 is 46.8 Å². The summed E-state index contributed by atoms with van der Waals surface area (Å²) in [5.41, 5.74) is 2.10. The molecule has 3 atom stereocenters. The summed E-state index contributed by atoms with van der Waals surface area (Å²) < 4.78 is 10.7. The van der Waals surface area contributed by atoms with E-state index in [0.29, 0.717) is 27.5 Å². The maximum atomic E-state index is 13.0. The molecule has 2 amide bonds. The first-order valence-electron chi connectivity index (χ1n) is 12.4. The van der Waals surface area contributed by atoms with Gasteiger partial charge in [-0.3, -0.25) is 9.59 Å². The summed E-state index contributed by atoms with van der Waals surface area (Å²) in [5, 5.41) is 15.3. The molecule has 8 nitrogen and oxygen atoms in total. The Morgan fingerprint density at radius 1 is 1.12 bits per heavy atom. The zero-order valence-corrected chi connectivity index (χ0v) is 25.4. The molecule has 0 bridgehead atoms. The number of aliphatic carboxylic acids is 1. The van der Waals surface area contributed by atoms with E-state index >= 15 is 0 Å². The molecule has 0 aliphatic carbocycles. The summed E-state index contributed by atoms with van der Waals surface area (Å²) >= 11 is 7.51. The molecule has 0 radical (unpaired) electrons. The second kappa shape index (κ2) is 17.3. The number of amides is 2. The molecule has 0 saturated carbocycles. The minimum atomic E-state index is -1.17. The third-order valence-corrected chi connectivity index (χ3v) is 7.65. The van der Waals surface area contributed by atoms with Crippen molar-refractivity contribution in [3.8, 4) is 12.3 Å². The molecule has 0 saturated heterocycles.